The molecule has 0 radical (unpaired) electrons. The molecule has 1 spiro atoms. The SMILES string of the molecule is CCC(Oc1ncc(Cl)cc1Cl)C(=O)NCc1cccc(C(=O)NC2CC3(C2)CN(C(=O)OC(C)(C)C)C3)c1. The lowest BCUT2D eigenvalue weighted by molar-refractivity contribution is -0.128. The molecule has 2 aliphatic rings. The quantitative estimate of drug-likeness (QED) is 0.458. The first kappa shape index (κ1) is 29.0. The summed E-state index contributed by atoms with van der Waals surface area (Å²) in [5.41, 5.74) is 0.866. The number of halogens is 2. The van der Waals surface area contributed by atoms with Gasteiger partial charge in [-0.15, -0.1) is 0 Å². The molecule has 0 bridgehead atoms. The zero-order valence-electron chi connectivity index (χ0n) is 22.6. The van der Waals surface area contributed by atoms with Crippen molar-refractivity contribution in [3.8, 4) is 5.88 Å². The Labute approximate surface area is 238 Å². The van der Waals surface area contributed by atoms with Crippen LogP contribution in [-0.4, -0.2) is 58.6 Å². The van der Waals surface area contributed by atoms with Crippen molar-refractivity contribution in [2.75, 3.05) is 13.1 Å². The third-order valence-corrected chi connectivity index (χ3v) is 7.22. The smallest absolute Gasteiger partial charge is 0.410 e. The van der Waals surface area contributed by atoms with Gasteiger partial charge >= 0.3 is 6.09 Å². The van der Waals surface area contributed by atoms with Crippen molar-refractivity contribution >= 4 is 41.1 Å². The second-order valence-electron chi connectivity index (χ2n) is 11.3. The van der Waals surface area contributed by atoms with Crippen LogP contribution >= 0.6 is 23.2 Å². The van der Waals surface area contributed by atoms with Crippen LogP contribution in [0.15, 0.2) is 36.5 Å². The maximum atomic E-state index is 12.9. The summed E-state index contributed by atoms with van der Waals surface area (Å²) in [5, 5.41) is 6.53. The third-order valence-electron chi connectivity index (χ3n) is 6.75. The molecular weight excluding hydrogens is 543 g/mol. The lowest BCUT2D eigenvalue weighted by Gasteiger charge is -2.58. The summed E-state index contributed by atoms with van der Waals surface area (Å²) in [4.78, 5) is 43.5. The minimum atomic E-state index is -0.786. The van der Waals surface area contributed by atoms with Gasteiger partial charge in [0.1, 0.15) is 10.6 Å². The summed E-state index contributed by atoms with van der Waals surface area (Å²) >= 11 is 12.0. The topological polar surface area (TPSA) is 110 Å². The number of ether oxygens (including phenoxy) is 2. The molecule has 210 valence electrons. The van der Waals surface area contributed by atoms with Crippen molar-refractivity contribution in [2.24, 2.45) is 5.41 Å². The largest absolute Gasteiger partial charge is 0.463 e. The highest BCUT2D eigenvalue weighted by Crippen LogP contribution is 2.48. The number of hydrogen-bond acceptors (Lipinski definition) is 6. The summed E-state index contributed by atoms with van der Waals surface area (Å²) in [6.45, 7) is 8.93. The van der Waals surface area contributed by atoms with Gasteiger partial charge in [-0.25, -0.2) is 9.78 Å². The summed E-state index contributed by atoms with van der Waals surface area (Å²) in [7, 11) is 0. The van der Waals surface area contributed by atoms with Gasteiger partial charge in [0, 0.05) is 42.9 Å². The molecule has 1 saturated heterocycles. The van der Waals surface area contributed by atoms with Gasteiger partial charge in [-0.3, -0.25) is 9.59 Å². The first-order valence-electron chi connectivity index (χ1n) is 13.0. The monoisotopic (exact) mass is 576 g/mol. The molecule has 2 heterocycles. The van der Waals surface area contributed by atoms with Crippen LogP contribution in [0.25, 0.3) is 0 Å². The number of likely N-dealkylation sites (tertiary alicyclic amines) is 1. The van der Waals surface area contributed by atoms with Gasteiger partial charge in [-0.2, -0.15) is 0 Å². The Balaban J connectivity index is 1.23. The van der Waals surface area contributed by atoms with Gasteiger partial charge < -0.3 is 25.0 Å². The predicted octanol–water partition coefficient (Wildman–Crippen LogP) is 4.99. The van der Waals surface area contributed by atoms with E-state index in [-0.39, 0.29) is 46.8 Å². The molecule has 1 unspecified atom stereocenters. The van der Waals surface area contributed by atoms with Crippen molar-refractivity contribution in [1.29, 1.82) is 0 Å². The summed E-state index contributed by atoms with van der Waals surface area (Å²) < 4.78 is 11.1. The van der Waals surface area contributed by atoms with Crippen LogP contribution in [0.3, 0.4) is 0 Å². The lowest BCUT2D eigenvalue weighted by Crippen LogP contribution is -2.67. The fourth-order valence-electron chi connectivity index (χ4n) is 4.90. The van der Waals surface area contributed by atoms with E-state index >= 15 is 0 Å². The van der Waals surface area contributed by atoms with E-state index in [1.165, 1.54) is 12.3 Å². The van der Waals surface area contributed by atoms with Gasteiger partial charge in [0.25, 0.3) is 11.8 Å². The maximum absolute atomic E-state index is 12.9. The second kappa shape index (κ2) is 11.6. The van der Waals surface area contributed by atoms with Crippen LogP contribution < -0.4 is 15.4 Å². The number of carbonyl (C=O) groups is 3. The zero-order chi connectivity index (χ0) is 28.4. The van der Waals surface area contributed by atoms with Gasteiger partial charge in [0.15, 0.2) is 6.10 Å². The number of carbonyl (C=O) groups excluding carboxylic acids is 3. The molecule has 1 aliphatic carbocycles. The van der Waals surface area contributed by atoms with Crippen LogP contribution in [0, 0.1) is 5.41 Å². The van der Waals surface area contributed by atoms with E-state index in [1.54, 1.807) is 23.1 Å². The molecular formula is C28H34Cl2N4O5. The van der Waals surface area contributed by atoms with E-state index in [1.807, 2.05) is 33.8 Å². The Bertz CT molecular complexity index is 1230. The number of nitrogens with zero attached hydrogens (tertiary/aromatic N) is 2. The van der Waals surface area contributed by atoms with Crippen LogP contribution in [0.1, 0.15) is 62.9 Å². The fourth-order valence-corrected chi connectivity index (χ4v) is 5.33. The van der Waals surface area contributed by atoms with Crippen molar-refractivity contribution in [3.63, 3.8) is 0 Å². The highest BCUT2D eigenvalue weighted by molar-refractivity contribution is 6.35. The normalized spacial score (nSPS) is 17.0. The molecule has 4 rings (SSSR count). The van der Waals surface area contributed by atoms with Crippen molar-refractivity contribution < 1.29 is 23.9 Å². The van der Waals surface area contributed by atoms with Crippen molar-refractivity contribution in [3.05, 3.63) is 57.7 Å². The Morgan fingerprint density at radius 1 is 1.18 bits per heavy atom. The summed E-state index contributed by atoms with van der Waals surface area (Å²) in [6.07, 6.45) is 2.40. The number of pyridine rings is 1. The van der Waals surface area contributed by atoms with Gasteiger partial charge in [-0.05, 0) is 63.8 Å². The minimum Gasteiger partial charge on any atom is -0.463 e. The predicted molar refractivity (Wildman–Crippen MR) is 148 cm³/mol. The first-order chi connectivity index (χ1) is 18.4. The number of rotatable bonds is 8. The molecule has 1 aromatic carbocycles. The minimum absolute atomic E-state index is 0.0670. The van der Waals surface area contributed by atoms with E-state index in [2.05, 4.69) is 15.6 Å². The Kier molecular flexibility index (Phi) is 8.61. The van der Waals surface area contributed by atoms with Crippen molar-refractivity contribution in [1.82, 2.24) is 20.5 Å². The summed E-state index contributed by atoms with van der Waals surface area (Å²) in [5.74, 6) is -0.343. The molecule has 2 N–H and O–H groups in total. The molecule has 11 heteroatoms. The fraction of sp³-hybridized carbons (Fsp3) is 0.500. The second-order valence-corrected chi connectivity index (χ2v) is 12.1. The van der Waals surface area contributed by atoms with E-state index < -0.39 is 11.7 Å². The standard InChI is InChI=1S/C28H34Cl2N4O5/c1-5-22(38-25-21(30)10-19(29)14-32-25)24(36)31-13-17-7-6-8-18(9-17)23(35)33-20-11-28(12-20)15-34(16-28)26(37)39-27(2,3)4/h6-10,14,20,22H,5,11-13,15-16H2,1-4H3,(H,31,36)(H,33,35). The molecule has 1 aromatic heterocycles. The van der Waals surface area contributed by atoms with Gasteiger partial charge in [0.2, 0.25) is 5.88 Å². The highest BCUT2D eigenvalue weighted by atomic mass is 35.5. The molecule has 1 saturated carbocycles. The Morgan fingerprint density at radius 3 is 2.54 bits per heavy atom. The molecule has 1 atom stereocenters. The molecule has 3 amide bonds. The average Bonchev–Trinajstić information content (AvgIpc) is 2.81. The summed E-state index contributed by atoms with van der Waals surface area (Å²) in [6, 6.07) is 8.70. The number of benzene rings is 1. The molecule has 39 heavy (non-hydrogen) atoms. The Hall–Kier alpha value is -3.04. The number of amides is 3. The van der Waals surface area contributed by atoms with Crippen LogP contribution in [0.4, 0.5) is 4.79 Å². The van der Waals surface area contributed by atoms with Crippen molar-refractivity contribution in [2.45, 2.75) is 71.2 Å². The average molecular weight is 578 g/mol. The first-order valence-corrected chi connectivity index (χ1v) is 13.8. The zero-order valence-corrected chi connectivity index (χ0v) is 24.1. The van der Waals surface area contributed by atoms with E-state index in [0.717, 1.165) is 18.4 Å². The van der Waals surface area contributed by atoms with E-state index in [4.69, 9.17) is 32.7 Å². The maximum Gasteiger partial charge on any atom is 0.410 e. The highest BCUT2D eigenvalue weighted by Gasteiger charge is 2.54. The van der Waals surface area contributed by atoms with Crippen LogP contribution in [-0.2, 0) is 16.1 Å². The van der Waals surface area contributed by atoms with Gasteiger partial charge in [0.05, 0.1) is 5.02 Å². The van der Waals surface area contributed by atoms with E-state index in [9.17, 15) is 14.4 Å². The Morgan fingerprint density at radius 2 is 1.90 bits per heavy atom. The number of nitrogens with one attached hydrogen (secondary N) is 2. The van der Waals surface area contributed by atoms with Gasteiger partial charge in [-0.1, -0.05) is 42.3 Å². The third kappa shape index (κ3) is 7.33. The molecule has 2 aromatic rings. The number of hydrogen-bond donors (Lipinski definition) is 2. The van der Waals surface area contributed by atoms with Crippen LogP contribution in [0.2, 0.25) is 10.0 Å². The molecule has 2 fully saturated rings. The molecule has 1 aliphatic heterocycles. The van der Waals surface area contributed by atoms with Crippen LogP contribution in [0.5, 0.6) is 5.88 Å². The number of aromatic nitrogens is 1. The van der Waals surface area contributed by atoms with E-state index in [0.29, 0.717) is 30.1 Å². The molecule has 9 nitrogen and oxygen atoms in total. The lowest BCUT2D eigenvalue weighted by atomic mass is 9.60.